The Balaban J connectivity index is 2.33. The second kappa shape index (κ2) is 6.86. The highest BCUT2D eigenvalue weighted by Gasteiger charge is 2.47. The SMILES string of the molecule is CCC(N)(CC)C1CCCCC1(O)Cc1cc(Cl)ccc1F. The van der Waals surface area contributed by atoms with Gasteiger partial charge in [0.1, 0.15) is 5.82 Å². The van der Waals surface area contributed by atoms with E-state index in [-0.39, 0.29) is 18.2 Å². The van der Waals surface area contributed by atoms with Crippen molar-refractivity contribution in [3.63, 3.8) is 0 Å². The zero-order valence-corrected chi connectivity index (χ0v) is 14.3. The van der Waals surface area contributed by atoms with Crippen LogP contribution in [0.15, 0.2) is 18.2 Å². The van der Waals surface area contributed by atoms with E-state index in [2.05, 4.69) is 13.8 Å². The molecule has 1 aromatic carbocycles. The fourth-order valence-corrected chi connectivity index (χ4v) is 4.20. The minimum atomic E-state index is -0.954. The minimum Gasteiger partial charge on any atom is -0.389 e. The smallest absolute Gasteiger partial charge is 0.126 e. The van der Waals surface area contributed by atoms with Crippen molar-refractivity contribution in [3.05, 3.63) is 34.6 Å². The van der Waals surface area contributed by atoms with Gasteiger partial charge in [0.2, 0.25) is 0 Å². The third kappa shape index (κ3) is 3.47. The third-order valence-corrected chi connectivity index (χ3v) is 5.75. The minimum absolute atomic E-state index is 0.0119. The summed E-state index contributed by atoms with van der Waals surface area (Å²) in [4.78, 5) is 0. The Labute approximate surface area is 137 Å². The number of hydrogen-bond donors (Lipinski definition) is 2. The summed E-state index contributed by atoms with van der Waals surface area (Å²) in [6.07, 6.45) is 5.51. The molecule has 0 heterocycles. The van der Waals surface area contributed by atoms with E-state index in [1.165, 1.54) is 12.1 Å². The summed E-state index contributed by atoms with van der Waals surface area (Å²) < 4.78 is 14.1. The summed E-state index contributed by atoms with van der Waals surface area (Å²) in [6, 6.07) is 4.53. The summed E-state index contributed by atoms with van der Waals surface area (Å²) >= 11 is 5.99. The second-order valence-corrected chi connectivity index (χ2v) is 7.19. The Morgan fingerprint density at radius 1 is 1.36 bits per heavy atom. The molecule has 124 valence electrons. The van der Waals surface area contributed by atoms with Gasteiger partial charge in [0.05, 0.1) is 5.60 Å². The third-order valence-electron chi connectivity index (χ3n) is 5.52. The van der Waals surface area contributed by atoms with Gasteiger partial charge >= 0.3 is 0 Å². The molecule has 0 amide bonds. The van der Waals surface area contributed by atoms with Crippen molar-refractivity contribution in [3.8, 4) is 0 Å². The first-order chi connectivity index (χ1) is 10.3. The maximum absolute atomic E-state index is 14.1. The molecule has 1 fully saturated rings. The molecule has 2 unspecified atom stereocenters. The van der Waals surface area contributed by atoms with E-state index in [0.717, 1.165) is 32.1 Å². The zero-order valence-electron chi connectivity index (χ0n) is 13.5. The van der Waals surface area contributed by atoms with E-state index in [1.807, 2.05) is 0 Å². The molecule has 0 bridgehead atoms. The van der Waals surface area contributed by atoms with Crippen LogP contribution in [0.2, 0.25) is 5.02 Å². The molecule has 1 aliphatic carbocycles. The van der Waals surface area contributed by atoms with Crippen molar-refractivity contribution in [2.45, 2.75) is 69.9 Å². The Kier molecular flexibility index (Phi) is 5.52. The van der Waals surface area contributed by atoms with E-state index in [0.29, 0.717) is 17.0 Å². The number of hydrogen-bond acceptors (Lipinski definition) is 2. The van der Waals surface area contributed by atoms with Crippen molar-refractivity contribution in [2.75, 3.05) is 0 Å². The highest BCUT2D eigenvalue weighted by molar-refractivity contribution is 6.30. The lowest BCUT2D eigenvalue weighted by atomic mass is 9.62. The van der Waals surface area contributed by atoms with Crippen LogP contribution in [0.25, 0.3) is 0 Å². The fourth-order valence-electron chi connectivity index (χ4n) is 4.01. The number of benzene rings is 1. The lowest BCUT2D eigenvalue weighted by Gasteiger charge is -2.49. The van der Waals surface area contributed by atoms with E-state index in [1.54, 1.807) is 6.07 Å². The van der Waals surface area contributed by atoms with Gasteiger partial charge in [-0.15, -0.1) is 0 Å². The molecule has 2 nitrogen and oxygen atoms in total. The number of aliphatic hydroxyl groups is 1. The second-order valence-electron chi connectivity index (χ2n) is 6.75. The molecule has 0 aromatic heterocycles. The van der Waals surface area contributed by atoms with Crippen molar-refractivity contribution in [1.82, 2.24) is 0 Å². The van der Waals surface area contributed by atoms with Gasteiger partial charge in [-0.25, -0.2) is 4.39 Å². The first kappa shape index (κ1) is 17.7. The van der Waals surface area contributed by atoms with E-state index in [4.69, 9.17) is 17.3 Å². The van der Waals surface area contributed by atoms with Crippen LogP contribution in [0, 0.1) is 11.7 Å². The highest BCUT2D eigenvalue weighted by Crippen LogP contribution is 2.44. The molecule has 1 saturated carbocycles. The van der Waals surface area contributed by atoms with Crippen LogP contribution < -0.4 is 5.73 Å². The predicted molar refractivity (Wildman–Crippen MR) is 89.5 cm³/mol. The van der Waals surface area contributed by atoms with Gasteiger partial charge in [0.25, 0.3) is 0 Å². The molecule has 1 aromatic rings. The number of nitrogens with two attached hydrogens (primary N) is 1. The Morgan fingerprint density at radius 2 is 2.05 bits per heavy atom. The molecule has 0 aliphatic heterocycles. The normalized spacial score (nSPS) is 26.2. The van der Waals surface area contributed by atoms with Crippen LogP contribution in [0.4, 0.5) is 4.39 Å². The van der Waals surface area contributed by atoms with Gasteiger partial charge in [-0.2, -0.15) is 0 Å². The molecule has 3 N–H and O–H groups in total. The lowest BCUT2D eigenvalue weighted by molar-refractivity contribution is -0.0804. The highest BCUT2D eigenvalue weighted by atomic mass is 35.5. The molecule has 2 rings (SSSR count). The van der Waals surface area contributed by atoms with Crippen LogP contribution in [0.3, 0.4) is 0 Å². The molecule has 22 heavy (non-hydrogen) atoms. The van der Waals surface area contributed by atoms with Crippen molar-refractivity contribution in [2.24, 2.45) is 11.7 Å². The van der Waals surface area contributed by atoms with Gasteiger partial charge in [-0.1, -0.05) is 38.3 Å². The Morgan fingerprint density at radius 3 is 2.68 bits per heavy atom. The average molecular weight is 328 g/mol. The van der Waals surface area contributed by atoms with E-state index < -0.39 is 11.1 Å². The van der Waals surface area contributed by atoms with E-state index in [9.17, 15) is 9.50 Å². The monoisotopic (exact) mass is 327 g/mol. The van der Waals surface area contributed by atoms with Crippen LogP contribution in [0.5, 0.6) is 0 Å². The predicted octanol–water partition coefficient (Wildman–Crippen LogP) is 4.46. The van der Waals surface area contributed by atoms with Crippen LogP contribution >= 0.6 is 11.6 Å². The maximum Gasteiger partial charge on any atom is 0.126 e. The molecule has 0 spiro atoms. The molecular formula is C18H27ClFNO. The average Bonchev–Trinajstić information content (AvgIpc) is 2.50. The first-order valence-electron chi connectivity index (χ1n) is 8.30. The number of rotatable bonds is 5. The molecule has 4 heteroatoms. The summed E-state index contributed by atoms with van der Waals surface area (Å²) in [7, 11) is 0. The molecule has 2 atom stereocenters. The van der Waals surface area contributed by atoms with Crippen LogP contribution in [0.1, 0.15) is 57.9 Å². The quantitative estimate of drug-likeness (QED) is 0.838. The topological polar surface area (TPSA) is 46.2 Å². The molecule has 0 radical (unpaired) electrons. The number of halogens is 2. The van der Waals surface area contributed by atoms with Crippen molar-refractivity contribution < 1.29 is 9.50 Å². The standard InChI is InChI=1S/C18H27ClFNO/c1-3-17(21,4-2)16-7-5-6-10-18(16,22)12-13-11-14(19)8-9-15(13)20/h8-9,11,16,22H,3-7,10,12,21H2,1-2H3. The van der Waals surface area contributed by atoms with Crippen LogP contribution in [-0.4, -0.2) is 16.2 Å². The zero-order chi connectivity index (χ0) is 16.4. The largest absolute Gasteiger partial charge is 0.389 e. The first-order valence-corrected chi connectivity index (χ1v) is 8.67. The van der Waals surface area contributed by atoms with Gasteiger partial charge in [0, 0.05) is 22.9 Å². The van der Waals surface area contributed by atoms with Gasteiger partial charge < -0.3 is 10.8 Å². The molecular weight excluding hydrogens is 301 g/mol. The summed E-state index contributed by atoms with van der Waals surface area (Å²) in [6.45, 7) is 4.14. The summed E-state index contributed by atoms with van der Waals surface area (Å²) in [5, 5.41) is 11.8. The fraction of sp³-hybridized carbons (Fsp3) is 0.667. The maximum atomic E-state index is 14.1. The summed E-state index contributed by atoms with van der Waals surface area (Å²) in [5.74, 6) is -0.320. The summed E-state index contributed by atoms with van der Waals surface area (Å²) in [5.41, 5.74) is 5.72. The van der Waals surface area contributed by atoms with Crippen molar-refractivity contribution in [1.29, 1.82) is 0 Å². The van der Waals surface area contributed by atoms with Gasteiger partial charge in [0.15, 0.2) is 0 Å². The Bertz CT molecular complexity index is 518. The van der Waals surface area contributed by atoms with Gasteiger partial charge in [-0.05, 0) is 49.4 Å². The van der Waals surface area contributed by atoms with E-state index >= 15 is 0 Å². The van der Waals surface area contributed by atoms with Crippen molar-refractivity contribution >= 4 is 11.6 Å². The Hall–Kier alpha value is -0.640. The lowest BCUT2D eigenvalue weighted by Crippen LogP contribution is -2.58. The molecule has 1 aliphatic rings. The molecule has 0 saturated heterocycles. The van der Waals surface area contributed by atoms with Gasteiger partial charge in [-0.3, -0.25) is 0 Å². The van der Waals surface area contributed by atoms with Crippen LogP contribution in [-0.2, 0) is 6.42 Å².